The molecule has 0 amide bonds. The molecule has 9 aromatic rings. The minimum absolute atomic E-state index is 0.0131. The standard InChI is InChI=1S/C47H48O2.C25H28O/c1-31(35-19-11-7-12-20-35)41-27-39(28-42(45(41)48)32(2)36-21-13-8-14-22-36)47(5,6)40-29-43(33(3)37-23-15-9-16-24-37)46(49)44(30-40)34(4)38-25-17-10-18-26-38;1-17(2)22-15-23(18(3)20-11-7-5-8-12-20)25(26)24(16-22)19(4)21-13-9-6-10-14-21/h7-34,48-49H,1-6H3;5-19,26H,1-4H3. The lowest BCUT2D eigenvalue weighted by atomic mass is 9.72. The summed E-state index contributed by atoms with van der Waals surface area (Å²) in [4.78, 5) is 0. The molecule has 3 heteroatoms. The van der Waals surface area contributed by atoms with Gasteiger partial charge in [-0.1, -0.05) is 288 Å². The maximum absolute atomic E-state index is 12.0. The molecule has 0 spiro atoms. The van der Waals surface area contributed by atoms with E-state index in [2.05, 4.69) is 251 Å². The Morgan fingerprint density at radius 1 is 0.253 bits per heavy atom. The van der Waals surface area contributed by atoms with Gasteiger partial charge in [-0.15, -0.1) is 0 Å². The molecule has 0 saturated heterocycles. The Bertz CT molecular complexity index is 2910. The largest absolute Gasteiger partial charge is 0.507 e. The highest BCUT2D eigenvalue weighted by Crippen LogP contribution is 2.47. The molecule has 3 nitrogen and oxygen atoms in total. The molecule has 75 heavy (non-hydrogen) atoms. The van der Waals surface area contributed by atoms with Gasteiger partial charge in [0.1, 0.15) is 17.2 Å². The number of benzene rings is 9. The summed E-state index contributed by atoms with van der Waals surface area (Å²) in [5.41, 5.74) is 15.9. The van der Waals surface area contributed by atoms with Gasteiger partial charge in [0.25, 0.3) is 0 Å². The van der Waals surface area contributed by atoms with Crippen molar-refractivity contribution >= 4 is 0 Å². The Balaban J connectivity index is 0.000000241. The van der Waals surface area contributed by atoms with Crippen LogP contribution in [0.4, 0.5) is 0 Å². The summed E-state index contributed by atoms with van der Waals surface area (Å²) < 4.78 is 0. The van der Waals surface area contributed by atoms with Gasteiger partial charge in [0.2, 0.25) is 0 Å². The summed E-state index contributed by atoms with van der Waals surface area (Å²) in [7, 11) is 0. The third kappa shape index (κ3) is 11.8. The van der Waals surface area contributed by atoms with E-state index in [0.717, 1.165) is 66.8 Å². The van der Waals surface area contributed by atoms with Crippen molar-refractivity contribution in [2.45, 2.75) is 116 Å². The van der Waals surface area contributed by atoms with Crippen LogP contribution in [0.5, 0.6) is 17.2 Å². The molecular weight excluding hydrogens is 913 g/mol. The lowest BCUT2D eigenvalue weighted by Crippen LogP contribution is -2.21. The second kappa shape index (κ2) is 23.7. The number of hydrogen-bond donors (Lipinski definition) is 3. The van der Waals surface area contributed by atoms with E-state index in [1.165, 1.54) is 16.7 Å². The molecule has 0 bridgehead atoms. The average Bonchev–Trinajstić information content (AvgIpc) is 3.45. The predicted octanol–water partition coefficient (Wildman–Crippen LogP) is 18.9. The maximum Gasteiger partial charge on any atom is 0.123 e. The zero-order valence-electron chi connectivity index (χ0n) is 45.7. The molecule has 0 aliphatic carbocycles. The number of hydrogen-bond acceptors (Lipinski definition) is 3. The fourth-order valence-electron chi connectivity index (χ4n) is 10.8. The van der Waals surface area contributed by atoms with Gasteiger partial charge in [-0.2, -0.15) is 0 Å². The first-order chi connectivity index (χ1) is 36.1. The van der Waals surface area contributed by atoms with E-state index in [0.29, 0.717) is 23.2 Å². The van der Waals surface area contributed by atoms with E-state index in [9.17, 15) is 15.3 Å². The van der Waals surface area contributed by atoms with Crippen LogP contribution in [-0.2, 0) is 5.41 Å². The van der Waals surface area contributed by atoms with E-state index < -0.39 is 5.41 Å². The highest BCUT2D eigenvalue weighted by Gasteiger charge is 2.32. The molecule has 9 aromatic carbocycles. The molecule has 0 saturated carbocycles. The summed E-state index contributed by atoms with van der Waals surface area (Å²) in [5.74, 6) is 1.81. The molecule has 0 aliphatic heterocycles. The predicted molar refractivity (Wildman–Crippen MR) is 314 cm³/mol. The van der Waals surface area contributed by atoms with Gasteiger partial charge in [-0.3, -0.25) is 0 Å². The van der Waals surface area contributed by atoms with E-state index in [4.69, 9.17) is 0 Å². The first-order valence-electron chi connectivity index (χ1n) is 27.0. The molecule has 0 aromatic heterocycles. The lowest BCUT2D eigenvalue weighted by molar-refractivity contribution is 0.454. The third-order valence-electron chi connectivity index (χ3n) is 16.2. The van der Waals surface area contributed by atoms with Gasteiger partial charge >= 0.3 is 0 Å². The molecule has 0 fully saturated rings. The first kappa shape index (κ1) is 53.7. The fraction of sp³-hybridized carbons (Fsp3) is 0.250. The van der Waals surface area contributed by atoms with Gasteiger partial charge in [0.05, 0.1) is 0 Å². The molecule has 0 heterocycles. The van der Waals surface area contributed by atoms with E-state index in [1.54, 1.807) is 0 Å². The van der Waals surface area contributed by atoms with Gasteiger partial charge in [-0.25, -0.2) is 0 Å². The van der Waals surface area contributed by atoms with E-state index >= 15 is 0 Å². The van der Waals surface area contributed by atoms with Crippen molar-refractivity contribution in [1.82, 2.24) is 0 Å². The minimum Gasteiger partial charge on any atom is -0.507 e. The molecular formula is C72H76O3. The second-order valence-electron chi connectivity index (χ2n) is 21.6. The number of phenolic OH excluding ortho intramolecular Hbond substituents is 3. The van der Waals surface area contributed by atoms with E-state index in [1.807, 2.05) is 36.4 Å². The first-order valence-corrected chi connectivity index (χ1v) is 27.0. The highest BCUT2D eigenvalue weighted by molar-refractivity contribution is 5.59. The number of rotatable bonds is 15. The Morgan fingerprint density at radius 3 is 0.600 bits per heavy atom. The molecule has 3 N–H and O–H groups in total. The van der Waals surface area contributed by atoms with Crippen molar-refractivity contribution in [2.24, 2.45) is 0 Å². The average molecular weight is 989 g/mol. The van der Waals surface area contributed by atoms with Gasteiger partial charge in [0.15, 0.2) is 0 Å². The summed E-state index contributed by atoms with van der Waals surface area (Å²) >= 11 is 0. The van der Waals surface area contributed by atoms with Crippen LogP contribution in [0.25, 0.3) is 0 Å². The zero-order chi connectivity index (χ0) is 53.4. The van der Waals surface area contributed by atoms with Crippen LogP contribution >= 0.6 is 0 Å². The molecule has 9 rings (SSSR count). The molecule has 6 unspecified atom stereocenters. The Hall–Kier alpha value is -7.62. The van der Waals surface area contributed by atoms with E-state index in [-0.39, 0.29) is 35.5 Å². The molecule has 6 atom stereocenters. The normalized spacial score (nSPS) is 14.0. The van der Waals surface area contributed by atoms with Crippen molar-refractivity contribution < 1.29 is 15.3 Å². The number of phenols is 3. The zero-order valence-corrected chi connectivity index (χ0v) is 45.7. The third-order valence-corrected chi connectivity index (χ3v) is 16.2. The SMILES string of the molecule is CC(C)c1cc(C(C)c2ccccc2)c(O)c(C(C)c2ccccc2)c1.CC(c1ccccc1)c1cc(C(C)(C)c2cc(C(C)c3ccccc3)c(O)c(C(C)c3ccccc3)c2)cc(C(C)c2ccccc2)c1O. The minimum atomic E-state index is -0.464. The molecule has 0 aliphatic rings. The Labute approximate surface area is 448 Å². The van der Waals surface area contributed by atoms with Gasteiger partial charge < -0.3 is 15.3 Å². The summed E-state index contributed by atoms with van der Waals surface area (Å²) in [5, 5.41) is 35.2. The van der Waals surface area contributed by atoms with Gasteiger partial charge in [-0.05, 0) is 56.0 Å². The second-order valence-corrected chi connectivity index (χ2v) is 21.6. The smallest absolute Gasteiger partial charge is 0.123 e. The maximum atomic E-state index is 12.0. The lowest BCUT2D eigenvalue weighted by Gasteiger charge is -2.32. The van der Waals surface area contributed by atoms with Crippen LogP contribution in [-0.4, -0.2) is 15.3 Å². The summed E-state index contributed by atoms with van der Waals surface area (Å²) in [6.45, 7) is 22.0. The Kier molecular flexibility index (Phi) is 17.0. The van der Waals surface area contributed by atoms with Crippen LogP contribution < -0.4 is 0 Å². The van der Waals surface area contributed by atoms with Crippen LogP contribution in [0.15, 0.2) is 218 Å². The van der Waals surface area contributed by atoms with Crippen molar-refractivity contribution in [2.75, 3.05) is 0 Å². The van der Waals surface area contributed by atoms with Crippen molar-refractivity contribution in [1.29, 1.82) is 0 Å². The quantitative estimate of drug-likeness (QED) is 0.0959. The van der Waals surface area contributed by atoms with Crippen molar-refractivity contribution in [3.8, 4) is 17.2 Å². The van der Waals surface area contributed by atoms with Crippen LogP contribution in [0.3, 0.4) is 0 Å². The summed E-state index contributed by atoms with van der Waals surface area (Å²) in [6, 6.07) is 75.7. The monoisotopic (exact) mass is 989 g/mol. The van der Waals surface area contributed by atoms with Crippen molar-refractivity contribution in [3.05, 3.63) is 302 Å². The van der Waals surface area contributed by atoms with Crippen LogP contribution in [0.1, 0.15) is 194 Å². The summed E-state index contributed by atoms with van der Waals surface area (Å²) in [6.07, 6.45) is 0. The number of aromatic hydroxyl groups is 3. The fourth-order valence-corrected chi connectivity index (χ4v) is 10.8. The molecule has 0 radical (unpaired) electrons. The van der Waals surface area contributed by atoms with Crippen LogP contribution in [0.2, 0.25) is 0 Å². The van der Waals surface area contributed by atoms with Crippen LogP contribution in [0, 0.1) is 0 Å². The van der Waals surface area contributed by atoms with Crippen molar-refractivity contribution in [3.63, 3.8) is 0 Å². The highest BCUT2D eigenvalue weighted by atomic mass is 16.3. The Morgan fingerprint density at radius 2 is 0.427 bits per heavy atom. The topological polar surface area (TPSA) is 60.7 Å². The molecule has 382 valence electrons. The van der Waals surface area contributed by atoms with Gasteiger partial charge in [0, 0.05) is 74.3 Å².